The molecule has 0 radical (unpaired) electrons. The summed E-state index contributed by atoms with van der Waals surface area (Å²) in [6, 6.07) is 0. The molecule has 0 fully saturated rings. The first kappa shape index (κ1) is 9.10. The monoisotopic (exact) mass is 169 g/mol. The lowest BCUT2D eigenvalue weighted by molar-refractivity contribution is 0.334. The highest BCUT2D eigenvalue weighted by Gasteiger charge is 1.77. The zero-order chi connectivity index (χ0) is 7.11. The Hall–Kier alpha value is 0.1000. The second-order valence-electron chi connectivity index (χ2n) is 1.11. The minimum absolute atomic E-state index is 0.0584. The highest BCUT2D eigenvalue weighted by molar-refractivity contribution is 7.74. The topological polar surface area (TPSA) is 49.4 Å². The van der Waals surface area contributed by atoms with Crippen LogP contribution in [0.5, 0.6) is 0 Å². The van der Waals surface area contributed by atoms with E-state index in [4.69, 9.17) is 11.6 Å². The first-order chi connectivity index (χ1) is 4.27. The van der Waals surface area contributed by atoms with Gasteiger partial charge in [-0.2, -0.15) is 0 Å². The van der Waals surface area contributed by atoms with Crippen LogP contribution in [0.4, 0.5) is 0 Å². The van der Waals surface area contributed by atoms with Gasteiger partial charge in [-0.3, -0.25) is 4.18 Å². The lowest BCUT2D eigenvalue weighted by atomic mass is 10.6. The predicted octanol–water partition coefficient (Wildman–Crippen LogP) is 0.592. The van der Waals surface area contributed by atoms with Gasteiger partial charge in [0.05, 0.1) is 18.0 Å². The number of halogens is 1. The summed E-state index contributed by atoms with van der Waals surface area (Å²) >= 11 is 2.81. The minimum atomic E-state index is -2.41. The summed E-state index contributed by atoms with van der Waals surface area (Å²) in [5.74, 6) is 0.370. The van der Waals surface area contributed by atoms with Crippen molar-refractivity contribution in [1.29, 1.82) is 0 Å². The van der Waals surface area contributed by atoms with E-state index in [1.54, 1.807) is 6.08 Å². The maximum atomic E-state index is 9.67. The van der Waals surface area contributed by atoms with Crippen LogP contribution in [-0.4, -0.2) is 21.2 Å². The molecule has 0 bridgehead atoms. The molecule has 0 saturated carbocycles. The van der Waals surface area contributed by atoms with Gasteiger partial charge in [0.25, 0.3) is 0 Å². The van der Waals surface area contributed by atoms with Gasteiger partial charge in [0.2, 0.25) is 0 Å². The van der Waals surface area contributed by atoms with Gasteiger partial charge < -0.3 is 4.55 Å². The van der Waals surface area contributed by atoms with Crippen LogP contribution in [0.3, 0.4) is 0 Å². The van der Waals surface area contributed by atoms with Crippen molar-refractivity contribution in [3.63, 3.8) is 0 Å². The van der Waals surface area contributed by atoms with E-state index in [2.05, 4.69) is 4.18 Å². The van der Waals surface area contributed by atoms with Gasteiger partial charge in [-0.05, 0) is 0 Å². The molecule has 0 aliphatic heterocycles. The molecule has 0 heterocycles. The van der Waals surface area contributed by atoms with Crippen molar-refractivity contribution in [2.75, 3.05) is 12.5 Å². The molecule has 9 heavy (non-hydrogen) atoms. The van der Waals surface area contributed by atoms with Gasteiger partial charge in [0.1, 0.15) is 0 Å². The summed E-state index contributed by atoms with van der Waals surface area (Å²) in [6.45, 7) is 0.0584. The number of hydrogen-bond acceptors (Lipinski definition) is 3. The second kappa shape index (κ2) is 6.22. The van der Waals surface area contributed by atoms with Gasteiger partial charge in [-0.25, -0.2) is 4.21 Å². The van der Waals surface area contributed by atoms with Gasteiger partial charge in [0.15, 0.2) is 0 Å². The molecule has 1 atom stereocenters. The van der Waals surface area contributed by atoms with E-state index in [1.165, 1.54) is 6.08 Å². The Balaban J connectivity index is 3.09. The Morgan fingerprint density at radius 2 is 2.33 bits per heavy atom. The Bertz CT molecular complexity index is 114. The molecule has 0 aromatic carbocycles. The van der Waals surface area contributed by atoms with E-state index in [0.717, 1.165) is 0 Å². The molecule has 0 spiro atoms. The highest BCUT2D eigenvalue weighted by atomic mass is 35.5. The number of alkyl halides is 1. The average Bonchev–Trinajstić information content (AvgIpc) is 1.80. The van der Waals surface area contributed by atoms with Crippen LogP contribution in [0.1, 0.15) is 0 Å². The van der Waals surface area contributed by atoms with Gasteiger partial charge in [0, 0.05) is 5.88 Å². The summed E-state index contributed by atoms with van der Waals surface area (Å²) in [7, 11) is 0. The number of rotatable bonds is 4. The molecule has 0 aliphatic rings. The van der Waals surface area contributed by atoms with Crippen molar-refractivity contribution >= 4 is 23.0 Å². The quantitative estimate of drug-likeness (QED) is 0.352. The van der Waals surface area contributed by atoms with Crippen LogP contribution in [-0.2, 0) is 15.5 Å². The Kier molecular flexibility index (Phi) is 6.29. The third kappa shape index (κ3) is 8.10. The molecule has 0 amide bonds. The lowest BCUT2D eigenvalue weighted by Gasteiger charge is -2.00. The van der Waals surface area contributed by atoms with Crippen molar-refractivity contribution in [3.8, 4) is 0 Å². The smallest absolute Gasteiger partial charge is 0.0845 e. The summed E-state index contributed by atoms with van der Waals surface area (Å²) < 4.78 is 23.5. The maximum absolute atomic E-state index is 9.67. The molecular formula is C4H6ClO3S-. The van der Waals surface area contributed by atoms with Crippen molar-refractivity contribution < 1.29 is 12.9 Å². The summed E-state index contributed by atoms with van der Waals surface area (Å²) in [4.78, 5) is 0. The molecule has 3 nitrogen and oxygen atoms in total. The summed E-state index contributed by atoms with van der Waals surface area (Å²) in [5, 5.41) is 0. The van der Waals surface area contributed by atoms with Crippen LogP contribution in [0.15, 0.2) is 12.2 Å². The molecule has 1 unspecified atom stereocenters. The Morgan fingerprint density at radius 1 is 1.67 bits per heavy atom. The van der Waals surface area contributed by atoms with Crippen molar-refractivity contribution in [1.82, 2.24) is 0 Å². The van der Waals surface area contributed by atoms with Crippen molar-refractivity contribution in [2.45, 2.75) is 0 Å². The Labute approximate surface area is 61.1 Å². The number of allylic oxidation sites excluding steroid dienone is 1. The maximum Gasteiger partial charge on any atom is 0.0845 e. The molecule has 54 valence electrons. The fourth-order valence-corrected chi connectivity index (χ4v) is 0.542. The first-order valence-corrected chi connectivity index (χ1v) is 3.74. The molecule has 5 heteroatoms. The summed E-state index contributed by atoms with van der Waals surface area (Å²) in [6.07, 6.45) is 3.14. The standard InChI is InChI=1S/C4H7ClO3S/c5-3-1-2-4-8-9(6)7/h1-2H,3-4H2,(H,6,7)/p-1. The number of hydrogen-bond donors (Lipinski definition) is 0. The van der Waals surface area contributed by atoms with Gasteiger partial charge in [-0.15, -0.1) is 11.6 Å². The second-order valence-corrected chi connectivity index (χ2v) is 2.07. The van der Waals surface area contributed by atoms with Crippen LogP contribution in [0.2, 0.25) is 0 Å². The van der Waals surface area contributed by atoms with E-state index in [-0.39, 0.29) is 6.61 Å². The molecule has 0 aliphatic carbocycles. The third-order valence-electron chi connectivity index (χ3n) is 0.516. The van der Waals surface area contributed by atoms with E-state index in [0.29, 0.717) is 5.88 Å². The zero-order valence-corrected chi connectivity index (χ0v) is 6.15. The molecule has 0 rings (SSSR count). The summed E-state index contributed by atoms with van der Waals surface area (Å²) in [5.41, 5.74) is 0. The lowest BCUT2D eigenvalue weighted by Crippen LogP contribution is -1.94. The molecular weight excluding hydrogens is 164 g/mol. The third-order valence-corrected chi connectivity index (χ3v) is 1.02. The largest absolute Gasteiger partial charge is 0.750 e. The van der Waals surface area contributed by atoms with Crippen LogP contribution in [0.25, 0.3) is 0 Å². The fraction of sp³-hybridized carbons (Fsp3) is 0.500. The first-order valence-electron chi connectivity index (χ1n) is 2.21. The van der Waals surface area contributed by atoms with E-state index in [1.807, 2.05) is 0 Å². The zero-order valence-electron chi connectivity index (χ0n) is 4.58. The van der Waals surface area contributed by atoms with Crippen LogP contribution < -0.4 is 0 Å². The van der Waals surface area contributed by atoms with E-state index < -0.39 is 11.4 Å². The molecule has 0 N–H and O–H groups in total. The van der Waals surface area contributed by atoms with Gasteiger partial charge in [-0.1, -0.05) is 12.2 Å². The predicted molar refractivity (Wildman–Crippen MR) is 34.7 cm³/mol. The Morgan fingerprint density at radius 3 is 2.78 bits per heavy atom. The van der Waals surface area contributed by atoms with Crippen molar-refractivity contribution in [3.05, 3.63) is 12.2 Å². The highest BCUT2D eigenvalue weighted by Crippen LogP contribution is 1.82. The van der Waals surface area contributed by atoms with E-state index in [9.17, 15) is 8.76 Å². The molecule has 0 aromatic heterocycles. The average molecular weight is 170 g/mol. The van der Waals surface area contributed by atoms with Crippen LogP contribution >= 0.6 is 11.6 Å². The SMILES string of the molecule is O=S([O-])OCC=CCCl. The normalized spacial score (nSPS) is 14.4. The van der Waals surface area contributed by atoms with Crippen LogP contribution in [0, 0.1) is 0 Å². The van der Waals surface area contributed by atoms with E-state index >= 15 is 0 Å². The molecule has 0 aromatic rings. The molecule has 0 saturated heterocycles. The van der Waals surface area contributed by atoms with Crippen molar-refractivity contribution in [2.24, 2.45) is 0 Å². The fourth-order valence-electron chi connectivity index (χ4n) is 0.226. The van der Waals surface area contributed by atoms with Gasteiger partial charge >= 0.3 is 0 Å². The minimum Gasteiger partial charge on any atom is -0.750 e.